The molecule has 0 bridgehead atoms. The number of benzene rings is 2. The lowest BCUT2D eigenvalue weighted by molar-refractivity contribution is -0.384. The van der Waals surface area contributed by atoms with Gasteiger partial charge in [0.15, 0.2) is 12.1 Å². The molecule has 0 atom stereocenters. The van der Waals surface area contributed by atoms with Crippen molar-refractivity contribution in [2.75, 3.05) is 44.6 Å². The molecule has 2 aromatic carbocycles. The van der Waals surface area contributed by atoms with Crippen molar-refractivity contribution in [2.24, 2.45) is 0 Å². The molecule has 2 aromatic heterocycles. The second-order valence-electron chi connectivity index (χ2n) is 7.94. The van der Waals surface area contributed by atoms with E-state index in [0.717, 1.165) is 11.8 Å². The van der Waals surface area contributed by atoms with Crippen molar-refractivity contribution in [1.82, 2.24) is 19.7 Å². The first kappa shape index (κ1) is 25.3. The number of aromatic nitrogens is 4. The second-order valence-corrected chi connectivity index (χ2v) is 7.94. The van der Waals surface area contributed by atoms with Crippen LogP contribution in [-0.2, 0) is 4.74 Å². The smallest absolute Gasteiger partial charge is 0.294 e. The predicted molar refractivity (Wildman–Crippen MR) is 138 cm³/mol. The van der Waals surface area contributed by atoms with Gasteiger partial charge in [0.2, 0.25) is 5.95 Å². The quantitative estimate of drug-likeness (QED) is 0.182. The minimum absolute atomic E-state index is 0.117. The monoisotopic (exact) mass is 503 g/mol. The Hall–Kier alpha value is -4.84. The molecule has 0 aliphatic heterocycles. The lowest BCUT2D eigenvalue weighted by atomic mass is 10.1. The maximum absolute atomic E-state index is 11.8. The molecular weight excluding hydrogens is 478 g/mol. The van der Waals surface area contributed by atoms with Crippen LogP contribution in [0.1, 0.15) is 10.4 Å². The Morgan fingerprint density at radius 1 is 1.19 bits per heavy atom. The largest absolute Gasteiger partial charge is 0.494 e. The van der Waals surface area contributed by atoms with Gasteiger partial charge in [0, 0.05) is 56.9 Å². The number of aldehydes is 1. The van der Waals surface area contributed by atoms with Crippen molar-refractivity contribution in [3.63, 3.8) is 0 Å². The van der Waals surface area contributed by atoms with E-state index in [1.54, 1.807) is 37.4 Å². The molecule has 4 rings (SSSR count). The number of carbonyl (C=O) groups excluding carboxylic acids is 1. The van der Waals surface area contributed by atoms with Gasteiger partial charge in [0.05, 0.1) is 29.9 Å². The zero-order chi connectivity index (χ0) is 26.4. The highest BCUT2D eigenvalue weighted by Crippen LogP contribution is 2.38. The lowest BCUT2D eigenvalue weighted by Gasteiger charge is -2.20. The first-order valence-electron chi connectivity index (χ1n) is 11.2. The summed E-state index contributed by atoms with van der Waals surface area (Å²) in [5.41, 5.74) is 2.30. The van der Waals surface area contributed by atoms with Crippen LogP contribution >= 0.6 is 0 Å². The fraction of sp³-hybridized carbons (Fsp3) is 0.200. The Balaban J connectivity index is 1.68. The summed E-state index contributed by atoms with van der Waals surface area (Å²) in [6, 6.07) is 13.9. The van der Waals surface area contributed by atoms with Crippen molar-refractivity contribution < 1.29 is 19.2 Å². The minimum atomic E-state index is -0.462. The van der Waals surface area contributed by atoms with Crippen LogP contribution in [0.15, 0.2) is 60.9 Å². The molecule has 37 heavy (non-hydrogen) atoms. The molecule has 0 radical (unpaired) electrons. The summed E-state index contributed by atoms with van der Waals surface area (Å²) in [5.74, 6) is 0.926. The average molecular weight is 504 g/mol. The highest BCUT2D eigenvalue weighted by atomic mass is 16.6. The molecule has 2 heterocycles. The van der Waals surface area contributed by atoms with E-state index in [9.17, 15) is 14.9 Å². The number of nitrogens with zero attached hydrogens (tertiary/aromatic N) is 6. The van der Waals surface area contributed by atoms with Crippen molar-refractivity contribution in [3.05, 3.63) is 76.6 Å². The van der Waals surface area contributed by atoms with Crippen LogP contribution in [0.5, 0.6) is 5.75 Å². The van der Waals surface area contributed by atoms with Gasteiger partial charge in [-0.05, 0) is 0 Å². The second kappa shape index (κ2) is 11.3. The van der Waals surface area contributed by atoms with E-state index < -0.39 is 4.92 Å². The third-order valence-corrected chi connectivity index (χ3v) is 5.57. The maximum atomic E-state index is 11.8. The maximum Gasteiger partial charge on any atom is 0.294 e. The standard InChI is InChI=1S/C25H25N7O5/c1-30(11-12-36-2)20-14-22(37-3)19(13-21(20)32(34)35)27-25-26-10-9-23(28-25)31-15-18(16-33)24(29-31)17-7-5-4-6-8-17/h4-10,13-16H,11-12H2,1-3H3,(H,26,27,28). The van der Waals surface area contributed by atoms with E-state index in [-0.39, 0.29) is 11.6 Å². The number of methoxy groups -OCH3 is 2. The van der Waals surface area contributed by atoms with E-state index in [0.29, 0.717) is 47.4 Å². The summed E-state index contributed by atoms with van der Waals surface area (Å²) in [5, 5.41) is 19.4. The molecular formula is C25H25N7O5. The molecule has 1 N–H and O–H groups in total. The molecule has 0 aliphatic rings. The molecule has 0 spiro atoms. The number of ether oxygens (including phenoxy) is 2. The number of nitrogens with one attached hydrogen (secondary N) is 1. The highest BCUT2D eigenvalue weighted by molar-refractivity contribution is 5.85. The van der Waals surface area contributed by atoms with Crippen molar-refractivity contribution in [2.45, 2.75) is 0 Å². The van der Waals surface area contributed by atoms with E-state index >= 15 is 0 Å². The van der Waals surface area contributed by atoms with Crippen LogP contribution in [0.25, 0.3) is 17.1 Å². The van der Waals surface area contributed by atoms with Crippen LogP contribution in [0, 0.1) is 10.1 Å². The Kier molecular flexibility index (Phi) is 7.69. The molecule has 4 aromatic rings. The zero-order valence-electron chi connectivity index (χ0n) is 20.5. The summed E-state index contributed by atoms with van der Waals surface area (Å²) in [4.78, 5) is 33.5. The summed E-state index contributed by atoms with van der Waals surface area (Å²) in [6.45, 7) is 0.859. The number of hydrogen-bond acceptors (Lipinski definition) is 10. The van der Waals surface area contributed by atoms with Gasteiger partial charge in [-0.3, -0.25) is 14.9 Å². The predicted octanol–water partition coefficient (Wildman–Crippen LogP) is 3.88. The lowest BCUT2D eigenvalue weighted by Crippen LogP contribution is -2.23. The topological polar surface area (TPSA) is 138 Å². The number of nitro benzene ring substituents is 1. The highest BCUT2D eigenvalue weighted by Gasteiger charge is 2.22. The fourth-order valence-corrected chi connectivity index (χ4v) is 3.69. The third-order valence-electron chi connectivity index (χ3n) is 5.57. The summed E-state index contributed by atoms with van der Waals surface area (Å²) in [6.07, 6.45) is 3.84. The van der Waals surface area contributed by atoms with Crippen molar-refractivity contribution >= 4 is 29.3 Å². The van der Waals surface area contributed by atoms with Crippen LogP contribution in [0.2, 0.25) is 0 Å². The Morgan fingerprint density at radius 2 is 1.97 bits per heavy atom. The number of carbonyl (C=O) groups is 1. The number of nitro groups is 1. The Labute approximate surface area is 212 Å². The summed E-state index contributed by atoms with van der Waals surface area (Å²) in [7, 11) is 4.77. The minimum Gasteiger partial charge on any atom is -0.494 e. The molecule has 0 saturated heterocycles. The molecule has 0 fully saturated rings. The molecule has 12 heteroatoms. The first-order valence-corrected chi connectivity index (χ1v) is 11.2. The number of hydrogen-bond donors (Lipinski definition) is 1. The van der Waals surface area contributed by atoms with Gasteiger partial charge >= 0.3 is 0 Å². The van der Waals surface area contributed by atoms with E-state index in [1.165, 1.54) is 24.1 Å². The molecule has 0 amide bonds. The van der Waals surface area contributed by atoms with Gasteiger partial charge in [-0.1, -0.05) is 30.3 Å². The summed E-state index contributed by atoms with van der Waals surface area (Å²) >= 11 is 0. The van der Waals surface area contributed by atoms with E-state index in [1.807, 2.05) is 30.3 Å². The van der Waals surface area contributed by atoms with Crippen LogP contribution in [0.3, 0.4) is 0 Å². The molecule has 0 unspecified atom stereocenters. The van der Waals surface area contributed by atoms with Crippen molar-refractivity contribution in [3.8, 4) is 22.8 Å². The van der Waals surface area contributed by atoms with Gasteiger partial charge in [-0.15, -0.1) is 0 Å². The SMILES string of the molecule is COCCN(C)c1cc(OC)c(Nc2nccc(-n3cc(C=O)c(-c4ccccc4)n3)n2)cc1[N+](=O)[O-]. The number of anilines is 3. The zero-order valence-corrected chi connectivity index (χ0v) is 20.5. The summed E-state index contributed by atoms with van der Waals surface area (Å²) < 4.78 is 12.1. The normalized spacial score (nSPS) is 10.7. The first-order chi connectivity index (χ1) is 17.9. The van der Waals surface area contributed by atoms with Gasteiger partial charge in [-0.2, -0.15) is 10.1 Å². The molecule has 12 nitrogen and oxygen atoms in total. The average Bonchev–Trinajstić information content (AvgIpc) is 3.37. The van der Waals surface area contributed by atoms with Gasteiger partial charge in [-0.25, -0.2) is 9.67 Å². The number of likely N-dealkylation sites (N-methyl/N-ethyl adjacent to an activating group) is 1. The van der Waals surface area contributed by atoms with E-state index in [4.69, 9.17) is 9.47 Å². The Bertz CT molecular complexity index is 1410. The fourth-order valence-electron chi connectivity index (χ4n) is 3.69. The van der Waals surface area contributed by atoms with Crippen molar-refractivity contribution in [1.29, 1.82) is 0 Å². The van der Waals surface area contributed by atoms with Gasteiger partial charge < -0.3 is 19.7 Å². The third kappa shape index (κ3) is 5.54. The van der Waals surface area contributed by atoms with E-state index in [2.05, 4.69) is 20.4 Å². The van der Waals surface area contributed by atoms with Crippen LogP contribution < -0.4 is 15.0 Å². The van der Waals surface area contributed by atoms with Gasteiger partial charge in [0.1, 0.15) is 17.1 Å². The van der Waals surface area contributed by atoms with Gasteiger partial charge in [0.25, 0.3) is 5.69 Å². The number of rotatable bonds is 11. The van der Waals surface area contributed by atoms with Crippen LogP contribution in [-0.4, -0.2) is 65.4 Å². The van der Waals surface area contributed by atoms with Crippen LogP contribution in [0.4, 0.5) is 23.0 Å². The molecule has 0 saturated carbocycles. The molecule has 0 aliphatic carbocycles. The molecule has 190 valence electrons. The Morgan fingerprint density at radius 3 is 2.65 bits per heavy atom.